The van der Waals surface area contributed by atoms with E-state index in [4.69, 9.17) is 34.8 Å². The maximum absolute atomic E-state index is 5.80. The Bertz CT molecular complexity index is 405. The molecule has 5 nitrogen and oxygen atoms in total. The summed E-state index contributed by atoms with van der Waals surface area (Å²) < 4.78 is 0. The third kappa shape index (κ3) is 4.57. The van der Waals surface area contributed by atoms with Gasteiger partial charge >= 0.3 is 0 Å². The predicted molar refractivity (Wildman–Crippen MR) is 70.2 cm³/mol. The lowest BCUT2D eigenvalue weighted by molar-refractivity contribution is 0.993. The second-order valence-corrected chi connectivity index (χ2v) is 3.37. The van der Waals surface area contributed by atoms with E-state index < -0.39 is 0 Å². The van der Waals surface area contributed by atoms with Crippen LogP contribution in [0.15, 0.2) is 28.4 Å². The molecular formula is C8H10Cl3N5. The van der Waals surface area contributed by atoms with Crippen LogP contribution in [0, 0.1) is 0 Å². The van der Waals surface area contributed by atoms with Gasteiger partial charge in [-0.3, -0.25) is 0 Å². The first-order valence-electron chi connectivity index (χ1n) is 3.91. The van der Waals surface area contributed by atoms with Gasteiger partial charge < -0.3 is 11.6 Å². The number of nitrogens with one attached hydrogen (secondary N) is 1. The molecule has 0 saturated heterocycles. The molecule has 0 fully saturated rings. The van der Waals surface area contributed by atoms with Gasteiger partial charge in [0.25, 0.3) is 0 Å². The summed E-state index contributed by atoms with van der Waals surface area (Å²) in [5.74, 6) is 4.90. The summed E-state index contributed by atoms with van der Waals surface area (Å²) in [5, 5.41) is 7.89. The zero-order valence-corrected chi connectivity index (χ0v) is 10.4. The van der Waals surface area contributed by atoms with Crippen molar-refractivity contribution in [3.63, 3.8) is 0 Å². The number of hydrazone groups is 2. The molecule has 0 spiro atoms. The molecule has 1 rings (SSSR count). The molecule has 0 unspecified atom stereocenters. The van der Waals surface area contributed by atoms with E-state index in [1.54, 1.807) is 18.2 Å². The Balaban J connectivity index is 0.00000225. The molecule has 0 radical (unpaired) electrons. The fourth-order valence-corrected chi connectivity index (χ4v) is 1.10. The standard InChI is InChI=1S/C8H9Cl2N5.ClH/c9-6-2-1-5(3-7(6)10)4-13-15-8(11)14-12;/h1-4H,12H2,(H3,11,14,15);1H. The van der Waals surface area contributed by atoms with Crippen molar-refractivity contribution < 1.29 is 0 Å². The fraction of sp³-hybridized carbons (Fsp3) is 0. The van der Waals surface area contributed by atoms with Gasteiger partial charge in [0.1, 0.15) is 0 Å². The highest BCUT2D eigenvalue weighted by molar-refractivity contribution is 6.42. The van der Waals surface area contributed by atoms with Gasteiger partial charge in [0, 0.05) is 0 Å². The molecule has 0 heterocycles. The van der Waals surface area contributed by atoms with Crippen LogP contribution in [0.4, 0.5) is 0 Å². The van der Waals surface area contributed by atoms with E-state index in [0.29, 0.717) is 10.0 Å². The lowest BCUT2D eigenvalue weighted by Crippen LogP contribution is -2.28. The van der Waals surface area contributed by atoms with Crippen molar-refractivity contribution in [2.45, 2.75) is 0 Å². The third-order valence-corrected chi connectivity index (χ3v) is 2.21. The first-order valence-corrected chi connectivity index (χ1v) is 4.66. The summed E-state index contributed by atoms with van der Waals surface area (Å²) in [7, 11) is 0. The molecular weight excluding hydrogens is 272 g/mol. The highest BCUT2D eigenvalue weighted by Crippen LogP contribution is 2.21. The van der Waals surface area contributed by atoms with Gasteiger partial charge in [-0.05, 0) is 17.7 Å². The lowest BCUT2D eigenvalue weighted by atomic mass is 10.2. The van der Waals surface area contributed by atoms with Crippen molar-refractivity contribution in [1.29, 1.82) is 0 Å². The summed E-state index contributed by atoms with van der Waals surface area (Å²) >= 11 is 11.5. The Morgan fingerprint density at radius 3 is 2.56 bits per heavy atom. The Kier molecular flexibility index (Phi) is 6.64. The summed E-state index contributed by atoms with van der Waals surface area (Å²) in [5.41, 5.74) is 8.43. The van der Waals surface area contributed by atoms with Crippen LogP contribution in [0.25, 0.3) is 0 Å². The molecule has 0 amide bonds. The Morgan fingerprint density at radius 1 is 1.31 bits per heavy atom. The predicted octanol–water partition coefficient (Wildman–Crippen LogP) is 1.53. The lowest BCUT2D eigenvalue weighted by Gasteiger charge is -1.98. The molecule has 16 heavy (non-hydrogen) atoms. The molecule has 0 bridgehead atoms. The number of nitrogens with two attached hydrogens (primary N) is 2. The molecule has 0 aliphatic carbocycles. The van der Waals surface area contributed by atoms with E-state index >= 15 is 0 Å². The summed E-state index contributed by atoms with van der Waals surface area (Å²) in [6.07, 6.45) is 1.51. The number of guanidine groups is 1. The van der Waals surface area contributed by atoms with Crippen molar-refractivity contribution >= 4 is 47.8 Å². The zero-order chi connectivity index (χ0) is 11.3. The Morgan fingerprint density at radius 2 is 2.00 bits per heavy atom. The smallest absolute Gasteiger partial charge is 0.231 e. The molecule has 0 aliphatic rings. The second-order valence-electron chi connectivity index (χ2n) is 2.56. The molecule has 0 aromatic heterocycles. The van der Waals surface area contributed by atoms with Crippen LogP contribution in [-0.4, -0.2) is 12.2 Å². The average Bonchev–Trinajstić information content (AvgIpc) is 2.23. The SMILES string of the molecule is Cl.NN=C(N)NN=Cc1ccc(Cl)c(Cl)c1. The van der Waals surface area contributed by atoms with E-state index in [-0.39, 0.29) is 18.4 Å². The van der Waals surface area contributed by atoms with Crippen LogP contribution in [0.2, 0.25) is 10.0 Å². The Hall–Kier alpha value is -1.17. The second kappa shape index (κ2) is 7.16. The van der Waals surface area contributed by atoms with Crippen LogP contribution < -0.4 is 17.0 Å². The monoisotopic (exact) mass is 281 g/mol. The zero-order valence-electron chi connectivity index (χ0n) is 8.02. The van der Waals surface area contributed by atoms with E-state index in [1.807, 2.05) is 0 Å². The molecule has 88 valence electrons. The van der Waals surface area contributed by atoms with E-state index in [9.17, 15) is 0 Å². The first-order chi connectivity index (χ1) is 7.13. The molecule has 5 N–H and O–H groups in total. The summed E-state index contributed by atoms with van der Waals surface area (Å²) in [4.78, 5) is 0. The van der Waals surface area contributed by atoms with Crippen LogP contribution >= 0.6 is 35.6 Å². The van der Waals surface area contributed by atoms with Gasteiger partial charge in [-0.2, -0.15) is 5.10 Å². The van der Waals surface area contributed by atoms with Crippen molar-refractivity contribution in [2.75, 3.05) is 0 Å². The quantitative estimate of drug-likeness (QED) is 0.332. The van der Waals surface area contributed by atoms with E-state index in [2.05, 4.69) is 15.6 Å². The van der Waals surface area contributed by atoms with Crippen molar-refractivity contribution in [2.24, 2.45) is 21.8 Å². The van der Waals surface area contributed by atoms with E-state index in [0.717, 1.165) is 5.56 Å². The maximum atomic E-state index is 5.80. The minimum absolute atomic E-state index is 0. The summed E-state index contributed by atoms with van der Waals surface area (Å²) in [6, 6.07) is 5.10. The van der Waals surface area contributed by atoms with Gasteiger partial charge in [0.05, 0.1) is 16.3 Å². The van der Waals surface area contributed by atoms with Gasteiger partial charge in [-0.1, -0.05) is 29.3 Å². The van der Waals surface area contributed by atoms with Gasteiger partial charge in [0.2, 0.25) is 5.96 Å². The largest absolute Gasteiger partial charge is 0.367 e. The fourth-order valence-electron chi connectivity index (χ4n) is 0.794. The molecule has 8 heteroatoms. The number of hydrogen-bond acceptors (Lipinski definition) is 3. The van der Waals surface area contributed by atoms with Crippen molar-refractivity contribution in [1.82, 2.24) is 5.43 Å². The molecule has 0 aliphatic heterocycles. The van der Waals surface area contributed by atoms with Crippen LogP contribution in [-0.2, 0) is 0 Å². The maximum Gasteiger partial charge on any atom is 0.231 e. The molecule has 1 aromatic carbocycles. The average molecular weight is 283 g/mol. The third-order valence-electron chi connectivity index (χ3n) is 1.48. The van der Waals surface area contributed by atoms with Crippen molar-refractivity contribution in [3.8, 4) is 0 Å². The molecule has 0 atom stereocenters. The highest BCUT2D eigenvalue weighted by Gasteiger charge is 1.96. The minimum atomic E-state index is 0. The molecule has 0 saturated carbocycles. The van der Waals surface area contributed by atoms with Gasteiger partial charge in [0.15, 0.2) is 0 Å². The van der Waals surface area contributed by atoms with Crippen molar-refractivity contribution in [3.05, 3.63) is 33.8 Å². The van der Waals surface area contributed by atoms with Gasteiger partial charge in [-0.25, -0.2) is 5.43 Å². The summed E-state index contributed by atoms with van der Waals surface area (Å²) in [6.45, 7) is 0. The first kappa shape index (κ1) is 14.8. The minimum Gasteiger partial charge on any atom is -0.367 e. The van der Waals surface area contributed by atoms with E-state index in [1.165, 1.54) is 6.21 Å². The van der Waals surface area contributed by atoms with Gasteiger partial charge in [-0.15, -0.1) is 17.5 Å². The number of halogens is 3. The van der Waals surface area contributed by atoms with Crippen LogP contribution in [0.1, 0.15) is 5.56 Å². The number of rotatable bonds is 2. The van der Waals surface area contributed by atoms with Crippen LogP contribution in [0.3, 0.4) is 0 Å². The highest BCUT2D eigenvalue weighted by atomic mass is 35.5. The molecule has 1 aromatic rings. The normalized spacial score (nSPS) is 11.2. The number of hydrogen-bond donors (Lipinski definition) is 3. The van der Waals surface area contributed by atoms with Crippen LogP contribution in [0.5, 0.6) is 0 Å². The number of benzene rings is 1. The number of nitrogens with zero attached hydrogens (tertiary/aromatic N) is 2. The Labute approximate surface area is 109 Å². The topological polar surface area (TPSA) is 88.8 Å².